The lowest BCUT2D eigenvalue weighted by atomic mass is 10.1. The van der Waals surface area contributed by atoms with Gasteiger partial charge < -0.3 is 20.3 Å². The molecule has 0 saturated carbocycles. The molecule has 10 heteroatoms. The topological polar surface area (TPSA) is 71.4 Å². The predicted molar refractivity (Wildman–Crippen MR) is 124 cm³/mol. The number of nitrogens with one attached hydrogen (secondary N) is 2. The second-order valence-corrected chi connectivity index (χ2v) is 8.33. The number of rotatable bonds is 5. The molecule has 34 heavy (non-hydrogen) atoms. The number of urea groups is 1. The fourth-order valence-electron chi connectivity index (χ4n) is 3.87. The summed E-state index contributed by atoms with van der Waals surface area (Å²) in [5.41, 5.74) is 1.59. The molecule has 1 saturated heterocycles. The van der Waals surface area contributed by atoms with Gasteiger partial charge in [-0.15, -0.1) is 0 Å². The highest BCUT2D eigenvalue weighted by atomic mass is 19.4. The molecule has 2 N–H and O–H groups in total. The van der Waals surface area contributed by atoms with Crippen molar-refractivity contribution in [2.45, 2.75) is 25.1 Å². The van der Waals surface area contributed by atoms with Crippen LogP contribution in [0.1, 0.15) is 18.4 Å². The molecule has 1 aliphatic rings. The van der Waals surface area contributed by atoms with E-state index < -0.39 is 17.8 Å². The first-order chi connectivity index (χ1) is 16.2. The van der Waals surface area contributed by atoms with Crippen molar-refractivity contribution < 1.29 is 22.7 Å². The number of alkyl halides is 3. The van der Waals surface area contributed by atoms with E-state index in [-0.39, 0.29) is 11.8 Å². The van der Waals surface area contributed by atoms with Crippen LogP contribution in [0.25, 0.3) is 11.3 Å². The molecule has 1 aromatic heterocycles. The lowest BCUT2D eigenvalue weighted by Crippen LogP contribution is -2.35. The first-order valence-electron chi connectivity index (χ1n) is 10.9. The van der Waals surface area contributed by atoms with E-state index in [4.69, 9.17) is 4.74 Å². The summed E-state index contributed by atoms with van der Waals surface area (Å²) in [7, 11) is 3.92. The predicted octanol–water partition coefficient (Wildman–Crippen LogP) is 5.22. The molecular weight excluding hydrogens is 447 g/mol. The summed E-state index contributed by atoms with van der Waals surface area (Å²) in [6, 6.07) is 10.9. The summed E-state index contributed by atoms with van der Waals surface area (Å²) in [5, 5.41) is 9.51. The molecule has 0 bridgehead atoms. The van der Waals surface area contributed by atoms with Crippen molar-refractivity contribution in [2.75, 3.05) is 30.8 Å². The number of piperidine rings is 1. The van der Waals surface area contributed by atoms with Crippen LogP contribution in [0, 0.1) is 0 Å². The van der Waals surface area contributed by atoms with Crippen molar-refractivity contribution in [3.8, 4) is 17.0 Å². The SMILES string of the molecule is CN1CCC(Oc2ccc(NC(=O)Nc3ccc(C(F)(F)F)cc3)cc2-c2ccnn2C)CC1. The highest BCUT2D eigenvalue weighted by Crippen LogP contribution is 2.34. The summed E-state index contributed by atoms with van der Waals surface area (Å²) >= 11 is 0. The summed E-state index contributed by atoms with van der Waals surface area (Å²) in [6.45, 7) is 1.94. The Balaban J connectivity index is 1.49. The number of benzene rings is 2. The van der Waals surface area contributed by atoms with E-state index in [9.17, 15) is 18.0 Å². The van der Waals surface area contributed by atoms with Gasteiger partial charge in [0.25, 0.3) is 0 Å². The third-order valence-corrected chi connectivity index (χ3v) is 5.76. The van der Waals surface area contributed by atoms with Crippen LogP contribution in [-0.4, -0.2) is 47.0 Å². The fourth-order valence-corrected chi connectivity index (χ4v) is 3.87. The van der Waals surface area contributed by atoms with Crippen LogP contribution in [0.15, 0.2) is 54.7 Å². The van der Waals surface area contributed by atoms with Gasteiger partial charge in [-0.3, -0.25) is 4.68 Å². The first kappa shape index (κ1) is 23.6. The van der Waals surface area contributed by atoms with Gasteiger partial charge in [0.05, 0.1) is 11.3 Å². The molecule has 1 aliphatic heterocycles. The molecule has 1 fully saturated rings. The van der Waals surface area contributed by atoms with Crippen molar-refractivity contribution >= 4 is 17.4 Å². The Morgan fingerprint density at radius 2 is 1.65 bits per heavy atom. The Hall–Kier alpha value is -3.53. The average molecular weight is 473 g/mol. The molecular formula is C24H26F3N5O2. The number of carbonyl (C=O) groups excluding carboxylic acids is 1. The van der Waals surface area contributed by atoms with E-state index in [1.165, 1.54) is 12.1 Å². The number of aromatic nitrogens is 2. The number of aryl methyl sites for hydroxylation is 1. The number of carbonyl (C=O) groups is 1. The fraction of sp³-hybridized carbons (Fsp3) is 0.333. The number of hydrogen-bond acceptors (Lipinski definition) is 4. The van der Waals surface area contributed by atoms with E-state index >= 15 is 0 Å². The Bertz CT molecular complexity index is 1140. The van der Waals surface area contributed by atoms with Crippen molar-refractivity contribution in [3.05, 3.63) is 60.3 Å². The Morgan fingerprint density at radius 1 is 1.00 bits per heavy atom. The van der Waals surface area contributed by atoms with E-state index in [2.05, 4.69) is 27.7 Å². The van der Waals surface area contributed by atoms with Crippen LogP contribution >= 0.6 is 0 Å². The summed E-state index contributed by atoms with van der Waals surface area (Å²) < 4.78 is 46.2. The standard InChI is InChI=1S/C24H26F3N5O2/c1-31-13-10-19(11-14-31)34-22-8-7-18(15-20(22)21-9-12-28-32(21)2)30-23(33)29-17-5-3-16(4-6-17)24(25,26)27/h3-9,12,15,19H,10-11,13-14H2,1-2H3,(H2,29,30,33). The van der Waals surface area contributed by atoms with Crippen LogP contribution in [0.4, 0.5) is 29.3 Å². The van der Waals surface area contributed by atoms with Gasteiger partial charge in [-0.2, -0.15) is 18.3 Å². The van der Waals surface area contributed by atoms with Gasteiger partial charge in [0, 0.05) is 43.3 Å². The number of hydrogen-bond donors (Lipinski definition) is 2. The maximum Gasteiger partial charge on any atom is 0.416 e. The molecule has 2 amide bonds. The number of nitrogens with zero attached hydrogens (tertiary/aromatic N) is 3. The maximum absolute atomic E-state index is 12.7. The van der Waals surface area contributed by atoms with Crippen LogP contribution < -0.4 is 15.4 Å². The second-order valence-electron chi connectivity index (χ2n) is 8.33. The second kappa shape index (κ2) is 9.76. The van der Waals surface area contributed by atoms with Crippen molar-refractivity contribution in [3.63, 3.8) is 0 Å². The zero-order chi connectivity index (χ0) is 24.3. The zero-order valence-electron chi connectivity index (χ0n) is 18.9. The van der Waals surface area contributed by atoms with E-state index in [0.29, 0.717) is 11.4 Å². The minimum atomic E-state index is -4.43. The minimum absolute atomic E-state index is 0.102. The summed E-state index contributed by atoms with van der Waals surface area (Å²) in [6.07, 6.45) is -0.787. The molecule has 180 valence electrons. The van der Waals surface area contributed by atoms with Crippen LogP contribution in [-0.2, 0) is 13.2 Å². The minimum Gasteiger partial charge on any atom is -0.490 e. The van der Waals surface area contributed by atoms with Crippen molar-refractivity contribution in [1.82, 2.24) is 14.7 Å². The Kier molecular flexibility index (Phi) is 6.78. The number of likely N-dealkylation sites (tertiary alicyclic amines) is 1. The van der Waals surface area contributed by atoms with Gasteiger partial charge in [-0.1, -0.05) is 0 Å². The molecule has 0 radical (unpaired) electrons. The Morgan fingerprint density at radius 3 is 2.26 bits per heavy atom. The lowest BCUT2D eigenvalue weighted by molar-refractivity contribution is -0.137. The highest BCUT2D eigenvalue weighted by molar-refractivity contribution is 6.00. The normalized spacial score (nSPS) is 15.2. The molecule has 0 atom stereocenters. The Labute approximate surface area is 195 Å². The number of anilines is 2. The zero-order valence-corrected chi connectivity index (χ0v) is 18.9. The van der Waals surface area contributed by atoms with E-state index in [1.807, 2.05) is 19.2 Å². The number of halogens is 3. The third-order valence-electron chi connectivity index (χ3n) is 5.76. The quantitative estimate of drug-likeness (QED) is 0.533. The smallest absolute Gasteiger partial charge is 0.416 e. The van der Waals surface area contributed by atoms with Gasteiger partial charge in [0.15, 0.2) is 0 Å². The van der Waals surface area contributed by atoms with Crippen LogP contribution in [0.5, 0.6) is 5.75 Å². The van der Waals surface area contributed by atoms with Gasteiger partial charge >= 0.3 is 12.2 Å². The molecule has 4 rings (SSSR count). The summed E-state index contributed by atoms with van der Waals surface area (Å²) in [4.78, 5) is 14.7. The number of ether oxygens (including phenoxy) is 1. The molecule has 0 aliphatic carbocycles. The molecule has 3 aromatic rings. The average Bonchev–Trinajstić information content (AvgIpc) is 3.21. The lowest BCUT2D eigenvalue weighted by Gasteiger charge is -2.30. The van der Waals surface area contributed by atoms with Gasteiger partial charge in [-0.05, 0) is 68.4 Å². The van der Waals surface area contributed by atoms with Gasteiger partial charge in [0.2, 0.25) is 0 Å². The van der Waals surface area contributed by atoms with Crippen molar-refractivity contribution in [1.29, 1.82) is 0 Å². The maximum atomic E-state index is 12.7. The van der Waals surface area contributed by atoms with Gasteiger partial charge in [-0.25, -0.2) is 4.79 Å². The molecule has 0 spiro atoms. The van der Waals surface area contributed by atoms with E-state index in [0.717, 1.165) is 49.3 Å². The van der Waals surface area contributed by atoms with Crippen molar-refractivity contribution in [2.24, 2.45) is 7.05 Å². The van der Waals surface area contributed by atoms with E-state index in [1.54, 1.807) is 23.0 Å². The largest absolute Gasteiger partial charge is 0.490 e. The molecule has 2 aromatic carbocycles. The third kappa shape index (κ3) is 5.69. The van der Waals surface area contributed by atoms with Gasteiger partial charge in [0.1, 0.15) is 11.9 Å². The van der Waals surface area contributed by atoms with Crippen LogP contribution in [0.3, 0.4) is 0 Å². The summed E-state index contributed by atoms with van der Waals surface area (Å²) in [5.74, 6) is 0.701. The molecule has 2 heterocycles. The molecule has 0 unspecified atom stereocenters. The molecule has 7 nitrogen and oxygen atoms in total. The first-order valence-corrected chi connectivity index (χ1v) is 10.9. The number of amides is 2. The monoisotopic (exact) mass is 473 g/mol. The van der Waals surface area contributed by atoms with Crippen LogP contribution in [0.2, 0.25) is 0 Å². The highest BCUT2D eigenvalue weighted by Gasteiger charge is 2.30.